The molecule has 2 aromatic carbocycles. The maximum absolute atomic E-state index is 13.2. The summed E-state index contributed by atoms with van der Waals surface area (Å²) in [7, 11) is 0. The molecular formula is C13H9F2N. The van der Waals surface area contributed by atoms with E-state index < -0.39 is 11.6 Å². The molecule has 0 radical (unpaired) electrons. The van der Waals surface area contributed by atoms with Crippen molar-refractivity contribution in [3.05, 3.63) is 65.7 Å². The molecule has 2 aromatic rings. The van der Waals surface area contributed by atoms with E-state index >= 15 is 0 Å². The van der Waals surface area contributed by atoms with Gasteiger partial charge in [0.05, 0.1) is 5.69 Å². The summed E-state index contributed by atoms with van der Waals surface area (Å²) in [5, 5.41) is 0. The molecule has 0 atom stereocenters. The van der Waals surface area contributed by atoms with Gasteiger partial charge in [0, 0.05) is 17.8 Å². The van der Waals surface area contributed by atoms with E-state index in [0.717, 1.165) is 11.8 Å². The molecule has 0 fully saturated rings. The first kappa shape index (κ1) is 10.5. The summed E-state index contributed by atoms with van der Waals surface area (Å²) >= 11 is 0. The first-order valence-electron chi connectivity index (χ1n) is 4.80. The number of nitrogens with zero attached hydrogens (tertiary/aromatic N) is 1. The predicted octanol–water partition coefficient (Wildman–Crippen LogP) is 3.72. The van der Waals surface area contributed by atoms with E-state index in [0.29, 0.717) is 0 Å². The van der Waals surface area contributed by atoms with Crippen molar-refractivity contribution in [3.8, 4) is 0 Å². The molecule has 0 aliphatic heterocycles. The van der Waals surface area contributed by atoms with Gasteiger partial charge in [-0.15, -0.1) is 0 Å². The van der Waals surface area contributed by atoms with Gasteiger partial charge in [0.15, 0.2) is 0 Å². The summed E-state index contributed by atoms with van der Waals surface area (Å²) in [6.07, 6.45) is 1.38. The van der Waals surface area contributed by atoms with Gasteiger partial charge in [-0.05, 0) is 24.3 Å². The Morgan fingerprint density at radius 2 is 1.69 bits per heavy atom. The van der Waals surface area contributed by atoms with E-state index in [-0.39, 0.29) is 5.56 Å². The summed E-state index contributed by atoms with van der Waals surface area (Å²) < 4.78 is 25.8. The number of halogens is 2. The lowest BCUT2D eigenvalue weighted by molar-refractivity contribution is 0.582. The number of aliphatic imine (C=N–C) groups is 1. The van der Waals surface area contributed by atoms with Gasteiger partial charge in [-0.1, -0.05) is 18.2 Å². The van der Waals surface area contributed by atoms with E-state index in [2.05, 4.69) is 4.99 Å². The minimum Gasteiger partial charge on any atom is -0.256 e. The Morgan fingerprint density at radius 3 is 2.38 bits per heavy atom. The lowest BCUT2D eigenvalue weighted by atomic mass is 10.2. The molecule has 0 unspecified atom stereocenters. The molecule has 3 heteroatoms. The van der Waals surface area contributed by atoms with Gasteiger partial charge in [0.1, 0.15) is 11.6 Å². The second-order valence-electron chi connectivity index (χ2n) is 3.26. The average Bonchev–Trinajstić information content (AvgIpc) is 2.29. The van der Waals surface area contributed by atoms with Crippen LogP contribution >= 0.6 is 0 Å². The number of hydrogen-bond acceptors (Lipinski definition) is 1. The quantitative estimate of drug-likeness (QED) is 0.680. The standard InChI is InChI=1S/C13H9F2N/c14-11-7-6-10(13(15)8-11)9-16-12-4-2-1-3-5-12/h1-9H/b16-9+. The highest BCUT2D eigenvalue weighted by atomic mass is 19.1. The molecule has 16 heavy (non-hydrogen) atoms. The van der Waals surface area contributed by atoms with E-state index in [1.807, 2.05) is 18.2 Å². The third-order valence-corrected chi connectivity index (χ3v) is 2.07. The van der Waals surface area contributed by atoms with Crippen molar-refractivity contribution in [1.82, 2.24) is 0 Å². The van der Waals surface area contributed by atoms with Crippen LogP contribution in [0.5, 0.6) is 0 Å². The Bertz CT molecular complexity index is 507. The molecule has 0 amide bonds. The molecule has 0 aliphatic carbocycles. The van der Waals surface area contributed by atoms with Crippen LogP contribution in [0.25, 0.3) is 0 Å². The third-order valence-electron chi connectivity index (χ3n) is 2.07. The van der Waals surface area contributed by atoms with Crippen LogP contribution in [-0.4, -0.2) is 6.21 Å². The molecule has 0 aromatic heterocycles. The zero-order valence-corrected chi connectivity index (χ0v) is 8.40. The molecule has 1 nitrogen and oxygen atoms in total. The van der Waals surface area contributed by atoms with Crippen molar-refractivity contribution in [2.24, 2.45) is 4.99 Å². The maximum Gasteiger partial charge on any atom is 0.134 e. The van der Waals surface area contributed by atoms with Crippen LogP contribution in [0.4, 0.5) is 14.5 Å². The number of benzene rings is 2. The Kier molecular flexibility index (Phi) is 3.05. The SMILES string of the molecule is Fc1ccc(/C=N/c2ccccc2)c(F)c1. The van der Waals surface area contributed by atoms with Crippen molar-refractivity contribution >= 4 is 11.9 Å². The van der Waals surface area contributed by atoms with Gasteiger partial charge in [0.2, 0.25) is 0 Å². The number of para-hydroxylation sites is 1. The van der Waals surface area contributed by atoms with Crippen LogP contribution < -0.4 is 0 Å². The molecule has 0 saturated heterocycles. The first-order chi connectivity index (χ1) is 7.75. The van der Waals surface area contributed by atoms with E-state index in [1.54, 1.807) is 12.1 Å². The van der Waals surface area contributed by atoms with Crippen LogP contribution in [0.3, 0.4) is 0 Å². The van der Waals surface area contributed by atoms with Crippen molar-refractivity contribution in [3.63, 3.8) is 0 Å². The molecule has 0 spiro atoms. The van der Waals surface area contributed by atoms with E-state index in [1.165, 1.54) is 18.3 Å². The maximum atomic E-state index is 13.2. The van der Waals surface area contributed by atoms with Crippen LogP contribution in [0.2, 0.25) is 0 Å². The summed E-state index contributed by atoms with van der Waals surface area (Å²) in [4.78, 5) is 4.08. The van der Waals surface area contributed by atoms with Crippen molar-refractivity contribution in [2.45, 2.75) is 0 Å². The zero-order valence-electron chi connectivity index (χ0n) is 8.40. The lowest BCUT2D eigenvalue weighted by Gasteiger charge is -1.96. The van der Waals surface area contributed by atoms with Crippen molar-refractivity contribution in [2.75, 3.05) is 0 Å². The molecule has 0 aliphatic rings. The van der Waals surface area contributed by atoms with Gasteiger partial charge >= 0.3 is 0 Å². The molecular weight excluding hydrogens is 208 g/mol. The van der Waals surface area contributed by atoms with E-state index in [4.69, 9.17) is 0 Å². The highest BCUT2D eigenvalue weighted by Gasteiger charge is 2.00. The Balaban J connectivity index is 2.24. The summed E-state index contributed by atoms with van der Waals surface area (Å²) in [6.45, 7) is 0. The normalized spacial score (nSPS) is 10.9. The summed E-state index contributed by atoms with van der Waals surface area (Å²) in [6, 6.07) is 12.6. The zero-order chi connectivity index (χ0) is 11.4. The van der Waals surface area contributed by atoms with Gasteiger partial charge in [-0.2, -0.15) is 0 Å². The summed E-state index contributed by atoms with van der Waals surface area (Å²) in [5.74, 6) is -1.20. The number of rotatable bonds is 2. The van der Waals surface area contributed by atoms with Gasteiger partial charge in [-0.25, -0.2) is 8.78 Å². The molecule has 2 rings (SSSR count). The van der Waals surface area contributed by atoms with Gasteiger partial charge in [-0.3, -0.25) is 4.99 Å². The minimum absolute atomic E-state index is 0.269. The smallest absolute Gasteiger partial charge is 0.134 e. The largest absolute Gasteiger partial charge is 0.256 e. The molecule has 80 valence electrons. The second kappa shape index (κ2) is 4.66. The highest BCUT2D eigenvalue weighted by Crippen LogP contribution is 2.12. The van der Waals surface area contributed by atoms with E-state index in [9.17, 15) is 8.78 Å². The Hall–Kier alpha value is -2.03. The molecule has 0 bridgehead atoms. The second-order valence-corrected chi connectivity index (χ2v) is 3.26. The van der Waals surface area contributed by atoms with Crippen LogP contribution in [-0.2, 0) is 0 Å². The Morgan fingerprint density at radius 1 is 0.938 bits per heavy atom. The van der Waals surface area contributed by atoms with Gasteiger partial charge in [0.25, 0.3) is 0 Å². The number of hydrogen-bond donors (Lipinski definition) is 0. The Labute approximate surface area is 92.1 Å². The molecule has 0 saturated carbocycles. The fraction of sp³-hybridized carbons (Fsp3) is 0. The topological polar surface area (TPSA) is 12.4 Å². The summed E-state index contributed by atoms with van der Waals surface area (Å²) in [5.41, 5.74) is 0.997. The first-order valence-corrected chi connectivity index (χ1v) is 4.80. The minimum atomic E-state index is -0.611. The van der Waals surface area contributed by atoms with Crippen LogP contribution in [0.1, 0.15) is 5.56 Å². The van der Waals surface area contributed by atoms with Gasteiger partial charge < -0.3 is 0 Å². The lowest BCUT2D eigenvalue weighted by Crippen LogP contribution is -1.88. The monoisotopic (exact) mass is 217 g/mol. The van der Waals surface area contributed by atoms with Crippen LogP contribution in [0, 0.1) is 11.6 Å². The average molecular weight is 217 g/mol. The molecule has 0 N–H and O–H groups in total. The third kappa shape index (κ3) is 2.51. The fourth-order valence-corrected chi connectivity index (χ4v) is 1.26. The molecule has 0 heterocycles. The predicted molar refractivity (Wildman–Crippen MR) is 60.1 cm³/mol. The van der Waals surface area contributed by atoms with Crippen molar-refractivity contribution in [1.29, 1.82) is 0 Å². The fourth-order valence-electron chi connectivity index (χ4n) is 1.26. The van der Waals surface area contributed by atoms with Crippen LogP contribution in [0.15, 0.2) is 53.5 Å². The van der Waals surface area contributed by atoms with Crippen molar-refractivity contribution < 1.29 is 8.78 Å². The highest BCUT2D eigenvalue weighted by molar-refractivity contribution is 5.82.